The Balaban J connectivity index is 1.42. The number of morpholine rings is 1. The molecule has 1 N–H and O–H groups in total. The minimum Gasteiger partial charge on any atom is -0.507 e. The van der Waals surface area contributed by atoms with Gasteiger partial charge in [0.05, 0.1) is 24.8 Å². The van der Waals surface area contributed by atoms with Crippen LogP contribution in [0.4, 0.5) is 4.39 Å². The minimum atomic E-state index is -0.821. The summed E-state index contributed by atoms with van der Waals surface area (Å²) in [4.78, 5) is 30.4. The van der Waals surface area contributed by atoms with Crippen LogP contribution in [0.25, 0.3) is 5.76 Å². The molecule has 3 aromatic carbocycles. The zero-order valence-electron chi connectivity index (χ0n) is 22.5. The number of aliphatic hydroxyl groups is 1. The Morgan fingerprint density at radius 3 is 2.42 bits per heavy atom. The molecule has 5 rings (SSSR count). The van der Waals surface area contributed by atoms with Gasteiger partial charge >= 0.3 is 0 Å². The molecular weight excluding hydrogens is 511 g/mol. The third kappa shape index (κ3) is 6.08. The smallest absolute Gasteiger partial charge is 0.295 e. The van der Waals surface area contributed by atoms with E-state index < -0.39 is 23.5 Å². The molecule has 2 aliphatic rings. The predicted molar refractivity (Wildman–Crippen MR) is 149 cm³/mol. The van der Waals surface area contributed by atoms with Crippen LogP contribution in [0.15, 0.2) is 78.4 Å². The van der Waals surface area contributed by atoms with Gasteiger partial charge in [0, 0.05) is 31.7 Å². The summed E-state index contributed by atoms with van der Waals surface area (Å²) in [7, 11) is 0. The largest absolute Gasteiger partial charge is 0.507 e. The van der Waals surface area contributed by atoms with Crippen molar-refractivity contribution in [3.05, 3.63) is 106 Å². The van der Waals surface area contributed by atoms with E-state index in [4.69, 9.17) is 9.47 Å². The van der Waals surface area contributed by atoms with Crippen LogP contribution in [-0.2, 0) is 20.9 Å². The molecule has 0 aromatic heterocycles. The second kappa shape index (κ2) is 12.4. The van der Waals surface area contributed by atoms with E-state index in [0.29, 0.717) is 55.2 Å². The van der Waals surface area contributed by atoms with E-state index in [1.165, 1.54) is 17.0 Å². The molecule has 40 heavy (non-hydrogen) atoms. The number of likely N-dealkylation sites (tertiary alicyclic amines) is 1. The van der Waals surface area contributed by atoms with Gasteiger partial charge in [-0.15, -0.1) is 0 Å². The van der Waals surface area contributed by atoms with Gasteiger partial charge in [0.2, 0.25) is 0 Å². The average molecular weight is 545 g/mol. The van der Waals surface area contributed by atoms with Gasteiger partial charge in [0.25, 0.3) is 11.7 Å². The van der Waals surface area contributed by atoms with Crippen LogP contribution < -0.4 is 4.74 Å². The number of amides is 1. The standard InChI is InChI=1S/C32H33FN2O5/c1-22-20-26(40-21-23-6-3-2-4-7-23)12-13-27(22)30(36)28-29(24-8-10-25(33)11-9-24)35(32(38)31(28)37)15-5-14-34-16-18-39-19-17-34/h2-4,6-13,20,29,36H,5,14-19,21H2,1H3/b30-28+/t29-/m0/s1. The number of ether oxygens (including phenoxy) is 2. The molecule has 7 nitrogen and oxygen atoms in total. The maximum Gasteiger partial charge on any atom is 0.295 e. The first-order valence-corrected chi connectivity index (χ1v) is 13.5. The van der Waals surface area contributed by atoms with E-state index in [0.717, 1.165) is 25.2 Å². The van der Waals surface area contributed by atoms with Crippen LogP contribution >= 0.6 is 0 Å². The lowest BCUT2D eigenvalue weighted by atomic mass is 9.94. The van der Waals surface area contributed by atoms with E-state index in [9.17, 15) is 19.1 Å². The average Bonchev–Trinajstić information content (AvgIpc) is 3.22. The minimum absolute atomic E-state index is 0.00374. The first-order valence-electron chi connectivity index (χ1n) is 13.5. The number of rotatable bonds is 9. The van der Waals surface area contributed by atoms with Crippen LogP contribution in [0.3, 0.4) is 0 Å². The van der Waals surface area contributed by atoms with Crippen molar-refractivity contribution in [1.29, 1.82) is 0 Å². The molecule has 3 aromatic rings. The van der Waals surface area contributed by atoms with E-state index in [1.807, 2.05) is 37.3 Å². The molecule has 2 heterocycles. The summed E-state index contributed by atoms with van der Waals surface area (Å²) in [5.74, 6) is -1.47. The molecule has 0 radical (unpaired) electrons. The normalized spacial score (nSPS) is 19.2. The first kappa shape index (κ1) is 27.6. The van der Waals surface area contributed by atoms with Crippen molar-refractivity contribution in [2.45, 2.75) is 26.0 Å². The molecule has 8 heteroatoms. The maximum absolute atomic E-state index is 13.8. The SMILES string of the molecule is Cc1cc(OCc2ccccc2)ccc1/C(O)=C1\C(=O)C(=O)N(CCCN2CCOCC2)[C@H]1c1ccc(F)cc1. The molecule has 0 aliphatic carbocycles. The van der Waals surface area contributed by atoms with Crippen molar-refractivity contribution < 1.29 is 28.6 Å². The summed E-state index contributed by atoms with van der Waals surface area (Å²) in [6, 6.07) is 19.9. The van der Waals surface area contributed by atoms with E-state index in [-0.39, 0.29) is 11.3 Å². The molecule has 2 saturated heterocycles. The lowest BCUT2D eigenvalue weighted by molar-refractivity contribution is -0.140. The Labute approximate surface area is 233 Å². The quantitative estimate of drug-likeness (QED) is 0.236. The fourth-order valence-electron chi connectivity index (χ4n) is 5.27. The molecule has 1 amide bonds. The van der Waals surface area contributed by atoms with Crippen LogP contribution in [0, 0.1) is 12.7 Å². The fraction of sp³-hybridized carbons (Fsp3) is 0.312. The van der Waals surface area contributed by atoms with Crippen LogP contribution in [0.1, 0.15) is 34.7 Å². The number of hydrogen-bond donors (Lipinski definition) is 1. The van der Waals surface area contributed by atoms with E-state index in [2.05, 4.69) is 4.90 Å². The summed E-state index contributed by atoms with van der Waals surface area (Å²) in [5, 5.41) is 11.5. The van der Waals surface area contributed by atoms with Gasteiger partial charge in [-0.25, -0.2) is 4.39 Å². The van der Waals surface area contributed by atoms with Gasteiger partial charge in [0.1, 0.15) is 23.9 Å². The molecule has 0 saturated carbocycles. The molecule has 1 atom stereocenters. The van der Waals surface area contributed by atoms with Gasteiger partial charge in [0.15, 0.2) is 0 Å². The Hall–Kier alpha value is -4.01. The topological polar surface area (TPSA) is 79.3 Å². The van der Waals surface area contributed by atoms with Crippen molar-refractivity contribution >= 4 is 17.4 Å². The summed E-state index contributed by atoms with van der Waals surface area (Å²) in [6.07, 6.45) is 0.650. The Bertz CT molecular complexity index is 1380. The summed E-state index contributed by atoms with van der Waals surface area (Å²) in [5.41, 5.74) is 2.73. The number of carbonyl (C=O) groups is 2. The third-order valence-corrected chi connectivity index (χ3v) is 7.40. The van der Waals surface area contributed by atoms with Gasteiger partial charge in [-0.05, 0) is 60.4 Å². The predicted octanol–water partition coefficient (Wildman–Crippen LogP) is 4.86. The van der Waals surface area contributed by atoms with Crippen LogP contribution in [0.5, 0.6) is 5.75 Å². The third-order valence-electron chi connectivity index (χ3n) is 7.40. The van der Waals surface area contributed by atoms with Gasteiger partial charge in [-0.2, -0.15) is 0 Å². The highest BCUT2D eigenvalue weighted by Crippen LogP contribution is 2.40. The highest BCUT2D eigenvalue weighted by molar-refractivity contribution is 6.46. The molecule has 208 valence electrons. The van der Waals surface area contributed by atoms with E-state index >= 15 is 0 Å². The van der Waals surface area contributed by atoms with Gasteiger partial charge < -0.3 is 19.5 Å². The lowest BCUT2D eigenvalue weighted by Gasteiger charge is -2.29. The number of nitrogens with zero attached hydrogens (tertiary/aromatic N) is 2. The zero-order valence-corrected chi connectivity index (χ0v) is 22.5. The molecule has 2 aliphatic heterocycles. The molecular formula is C32H33FN2O5. The lowest BCUT2D eigenvalue weighted by Crippen LogP contribution is -2.38. The first-order chi connectivity index (χ1) is 19.4. The highest BCUT2D eigenvalue weighted by atomic mass is 19.1. The van der Waals surface area contributed by atoms with Crippen LogP contribution in [-0.4, -0.2) is 66.0 Å². The molecule has 2 fully saturated rings. The van der Waals surface area contributed by atoms with Gasteiger partial charge in [-0.1, -0.05) is 42.5 Å². The summed E-state index contributed by atoms with van der Waals surface area (Å²) in [6.45, 7) is 6.29. The van der Waals surface area contributed by atoms with Crippen LogP contribution in [0.2, 0.25) is 0 Å². The number of Topliss-reactive ketones (excluding diaryl/α,β-unsaturated/α-hetero) is 1. The number of aliphatic hydroxyl groups excluding tert-OH is 1. The number of halogens is 1. The fourth-order valence-corrected chi connectivity index (χ4v) is 5.27. The Morgan fingerprint density at radius 1 is 1.00 bits per heavy atom. The molecule has 0 bridgehead atoms. The Kier molecular flexibility index (Phi) is 8.57. The van der Waals surface area contributed by atoms with Crippen molar-refractivity contribution in [2.75, 3.05) is 39.4 Å². The summed E-state index contributed by atoms with van der Waals surface area (Å²) < 4.78 is 25.1. The Morgan fingerprint density at radius 2 is 1.73 bits per heavy atom. The summed E-state index contributed by atoms with van der Waals surface area (Å²) >= 11 is 0. The monoisotopic (exact) mass is 544 g/mol. The number of hydrogen-bond acceptors (Lipinski definition) is 6. The highest BCUT2D eigenvalue weighted by Gasteiger charge is 2.46. The maximum atomic E-state index is 13.8. The van der Waals surface area contributed by atoms with Crippen molar-refractivity contribution in [1.82, 2.24) is 9.80 Å². The van der Waals surface area contributed by atoms with Gasteiger partial charge in [-0.3, -0.25) is 14.5 Å². The zero-order chi connectivity index (χ0) is 28.1. The van der Waals surface area contributed by atoms with Crippen molar-refractivity contribution in [3.8, 4) is 5.75 Å². The van der Waals surface area contributed by atoms with Crippen molar-refractivity contribution in [2.24, 2.45) is 0 Å². The number of carbonyl (C=O) groups excluding carboxylic acids is 2. The number of ketones is 1. The second-order valence-corrected chi connectivity index (χ2v) is 10.1. The second-order valence-electron chi connectivity index (χ2n) is 10.1. The van der Waals surface area contributed by atoms with Crippen molar-refractivity contribution in [3.63, 3.8) is 0 Å². The molecule has 0 unspecified atom stereocenters. The molecule has 0 spiro atoms. The number of aryl methyl sites for hydroxylation is 1. The van der Waals surface area contributed by atoms with E-state index in [1.54, 1.807) is 30.3 Å². The number of benzene rings is 3.